The Morgan fingerprint density at radius 3 is 2.50 bits per heavy atom. The number of alkyl halides is 1. The van der Waals surface area contributed by atoms with Crippen molar-refractivity contribution in [2.45, 2.75) is 104 Å². The number of aliphatic hydroxyl groups excluding tert-OH is 1. The molecule has 0 aromatic rings. The van der Waals surface area contributed by atoms with E-state index in [4.69, 9.17) is 21.1 Å². The number of hydrogen-bond donors (Lipinski definition) is 1. The maximum absolute atomic E-state index is 13.5. The summed E-state index contributed by atoms with van der Waals surface area (Å²) < 4.78 is 12.9. The van der Waals surface area contributed by atoms with Gasteiger partial charge < -0.3 is 14.6 Å². The van der Waals surface area contributed by atoms with Gasteiger partial charge in [0.1, 0.15) is 0 Å². The van der Waals surface area contributed by atoms with Gasteiger partial charge in [-0.2, -0.15) is 0 Å². The molecule has 6 heteroatoms. The maximum Gasteiger partial charge on any atom is 0.182 e. The average molecular weight is 465 g/mol. The molecule has 0 radical (unpaired) electrons. The molecule has 0 unspecified atom stereocenters. The summed E-state index contributed by atoms with van der Waals surface area (Å²) in [5.41, 5.74) is -1.50. The first-order chi connectivity index (χ1) is 14.7. The van der Waals surface area contributed by atoms with Crippen LogP contribution in [0, 0.1) is 27.6 Å². The Morgan fingerprint density at radius 1 is 1.16 bits per heavy atom. The lowest BCUT2D eigenvalue weighted by molar-refractivity contribution is -0.269. The van der Waals surface area contributed by atoms with Gasteiger partial charge in [0.25, 0.3) is 0 Å². The highest BCUT2D eigenvalue weighted by molar-refractivity contribution is 6.29. The van der Waals surface area contributed by atoms with E-state index in [0.717, 1.165) is 19.3 Å². The van der Waals surface area contributed by atoms with Crippen LogP contribution < -0.4 is 0 Å². The fourth-order valence-electron chi connectivity index (χ4n) is 9.23. The third-order valence-electron chi connectivity index (χ3n) is 11.1. The largest absolute Gasteiger partial charge is 0.392 e. The van der Waals surface area contributed by atoms with Gasteiger partial charge in [0.15, 0.2) is 23.0 Å². The van der Waals surface area contributed by atoms with Crippen molar-refractivity contribution in [3.63, 3.8) is 0 Å². The van der Waals surface area contributed by atoms with Crippen molar-refractivity contribution in [1.82, 2.24) is 0 Å². The van der Waals surface area contributed by atoms with Crippen molar-refractivity contribution in [3.05, 3.63) is 11.6 Å². The zero-order chi connectivity index (χ0) is 23.5. The van der Waals surface area contributed by atoms with Crippen LogP contribution in [0.15, 0.2) is 11.6 Å². The minimum Gasteiger partial charge on any atom is -0.392 e. The van der Waals surface area contributed by atoms with E-state index in [2.05, 4.69) is 27.7 Å². The second-order valence-electron chi connectivity index (χ2n) is 12.4. The predicted molar refractivity (Wildman–Crippen MR) is 121 cm³/mol. The smallest absolute Gasteiger partial charge is 0.182 e. The molecule has 0 aromatic carbocycles. The molecule has 4 fully saturated rings. The van der Waals surface area contributed by atoms with E-state index in [1.165, 1.54) is 5.57 Å². The molecule has 0 spiro atoms. The van der Waals surface area contributed by atoms with E-state index in [0.29, 0.717) is 19.3 Å². The predicted octanol–water partition coefficient (Wildman–Crippen LogP) is 4.58. The van der Waals surface area contributed by atoms with E-state index in [9.17, 15) is 14.7 Å². The molecule has 1 aliphatic heterocycles. The second-order valence-corrected chi connectivity index (χ2v) is 12.7. The SMILES string of the molecule is CC1(C)O[C@@H]2C[C@@]3(C)[C@@H]4CCC5=CC(=O)CC[C@]5(C)[C@@]4(C)[C@@H](O)C[C@]3(C)[C@]2(C(=O)CCl)O1. The van der Waals surface area contributed by atoms with E-state index in [1.807, 2.05) is 19.9 Å². The monoisotopic (exact) mass is 464 g/mol. The van der Waals surface area contributed by atoms with E-state index < -0.39 is 28.3 Å². The summed E-state index contributed by atoms with van der Waals surface area (Å²) in [6.07, 6.45) is 5.03. The standard InChI is InChI=1S/C26H37ClO5/c1-21(2)31-20-13-23(4)17-8-7-15-11-16(28)9-10-22(15,3)25(17,6)18(29)12-24(23,5)26(20,32-21)19(30)14-27/h11,17-18,20,29H,7-10,12-14H2,1-6H3/t17-,18-,20+,22-,23-,24-,25+,26+/m0/s1. The first kappa shape index (κ1) is 23.0. The summed E-state index contributed by atoms with van der Waals surface area (Å²) >= 11 is 6.17. The van der Waals surface area contributed by atoms with Crippen LogP contribution in [0.3, 0.4) is 0 Å². The number of halogens is 1. The Morgan fingerprint density at radius 2 is 1.84 bits per heavy atom. The lowest BCUT2D eigenvalue weighted by Gasteiger charge is -2.70. The van der Waals surface area contributed by atoms with Gasteiger partial charge in [-0.1, -0.05) is 33.3 Å². The van der Waals surface area contributed by atoms with Crippen molar-refractivity contribution < 1.29 is 24.2 Å². The van der Waals surface area contributed by atoms with E-state index >= 15 is 0 Å². The summed E-state index contributed by atoms with van der Waals surface area (Å²) in [6.45, 7) is 12.6. The Balaban J connectivity index is 1.68. The second kappa shape index (κ2) is 6.47. The van der Waals surface area contributed by atoms with Crippen LogP contribution in [-0.4, -0.2) is 46.1 Å². The summed E-state index contributed by atoms with van der Waals surface area (Å²) in [4.78, 5) is 25.7. The molecule has 0 bridgehead atoms. The summed E-state index contributed by atoms with van der Waals surface area (Å²) in [5.74, 6) is -0.776. The third-order valence-corrected chi connectivity index (χ3v) is 11.3. The van der Waals surface area contributed by atoms with Crippen LogP contribution in [0.4, 0.5) is 0 Å². The first-order valence-corrected chi connectivity index (χ1v) is 12.6. The molecule has 1 heterocycles. The Hall–Kier alpha value is -0.750. The molecule has 3 saturated carbocycles. The van der Waals surface area contributed by atoms with Gasteiger partial charge in [-0.15, -0.1) is 11.6 Å². The van der Waals surface area contributed by atoms with Crippen molar-refractivity contribution in [2.24, 2.45) is 27.6 Å². The Bertz CT molecular complexity index is 927. The first-order valence-electron chi connectivity index (χ1n) is 12.1. The van der Waals surface area contributed by atoms with Crippen molar-refractivity contribution in [2.75, 3.05) is 5.88 Å². The number of fused-ring (bicyclic) bond motifs is 7. The summed E-state index contributed by atoms with van der Waals surface area (Å²) in [6, 6.07) is 0. The molecule has 32 heavy (non-hydrogen) atoms. The molecule has 1 N–H and O–H groups in total. The molecule has 0 aromatic heterocycles. The summed E-state index contributed by atoms with van der Waals surface area (Å²) in [7, 11) is 0. The highest BCUT2D eigenvalue weighted by atomic mass is 35.5. The molecule has 1 saturated heterocycles. The molecule has 8 atom stereocenters. The lowest BCUT2D eigenvalue weighted by atomic mass is 9.35. The number of allylic oxidation sites excluding steroid dienone is 1. The number of carbonyl (C=O) groups excluding carboxylic acids is 2. The molecular formula is C26H37ClO5. The number of ether oxygens (including phenoxy) is 2. The van der Waals surface area contributed by atoms with Gasteiger partial charge in [-0.3, -0.25) is 9.59 Å². The zero-order valence-corrected chi connectivity index (χ0v) is 21.0. The highest BCUT2D eigenvalue weighted by Crippen LogP contribution is 2.79. The van der Waals surface area contributed by atoms with Gasteiger partial charge in [0, 0.05) is 17.3 Å². The van der Waals surface area contributed by atoms with Crippen LogP contribution >= 0.6 is 11.6 Å². The van der Waals surface area contributed by atoms with Gasteiger partial charge >= 0.3 is 0 Å². The van der Waals surface area contributed by atoms with Crippen LogP contribution in [0.1, 0.15) is 80.1 Å². The third kappa shape index (κ3) is 2.32. The number of Topliss-reactive ketones (excluding diaryl/α,β-unsaturated/α-hetero) is 1. The Kier molecular flexibility index (Phi) is 4.65. The molecule has 0 amide bonds. The van der Waals surface area contributed by atoms with Crippen molar-refractivity contribution in [3.8, 4) is 0 Å². The van der Waals surface area contributed by atoms with Gasteiger partial charge in [-0.25, -0.2) is 0 Å². The highest BCUT2D eigenvalue weighted by Gasteiger charge is 2.82. The zero-order valence-electron chi connectivity index (χ0n) is 20.2. The fraction of sp³-hybridized carbons (Fsp3) is 0.846. The van der Waals surface area contributed by atoms with Crippen molar-refractivity contribution >= 4 is 23.2 Å². The average Bonchev–Trinajstić information content (AvgIpc) is 3.07. The number of carbonyl (C=O) groups is 2. The number of ketones is 2. The van der Waals surface area contributed by atoms with Crippen LogP contribution in [0.5, 0.6) is 0 Å². The minimum absolute atomic E-state index is 0.133. The molecule has 4 aliphatic carbocycles. The molecule has 5 rings (SSSR count). The van der Waals surface area contributed by atoms with Crippen LogP contribution in [0.2, 0.25) is 0 Å². The topological polar surface area (TPSA) is 72.8 Å². The van der Waals surface area contributed by atoms with Crippen LogP contribution in [-0.2, 0) is 19.1 Å². The Labute approximate surface area is 196 Å². The van der Waals surface area contributed by atoms with Gasteiger partial charge in [0.05, 0.1) is 18.1 Å². The number of rotatable bonds is 2. The van der Waals surface area contributed by atoms with Crippen molar-refractivity contribution in [1.29, 1.82) is 0 Å². The quantitative estimate of drug-likeness (QED) is 0.605. The van der Waals surface area contributed by atoms with Crippen LogP contribution in [0.25, 0.3) is 0 Å². The maximum atomic E-state index is 13.5. The fourth-order valence-corrected chi connectivity index (χ4v) is 9.43. The summed E-state index contributed by atoms with van der Waals surface area (Å²) in [5, 5.41) is 11.9. The number of hydrogen-bond acceptors (Lipinski definition) is 5. The normalized spacial score (nSPS) is 53.7. The van der Waals surface area contributed by atoms with Gasteiger partial charge in [0.2, 0.25) is 0 Å². The molecule has 5 nitrogen and oxygen atoms in total. The van der Waals surface area contributed by atoms with Gasteiger partial charge in [-0.05, 0) is 68.8 Å². The van der Waals surface area contributed by atoms with E-state index in [-0.39, 0.29) is 40.3 Å². The molecular weight excluding hydrogens is 428 g/mol. The lowest BCUT2D eigenvalue weighted by Crippen LogP contribution is -2.70. The minimum atomic E-state index is -1.16. The molecule has 178 valence electrons. The number of aliphatic hydroxyl groups is 1. The van der Waals surface area contributed by atoms with E-state index in [1.54, 1.807) is 0 Å². The molecule has 5 aliphatic rings.